The molecule has 5 heteroatoms. The van der Waals surface area contributed by atoms with Gasteiger partial charge >= 0.3 is 12.1 Å². The number of esters is 1. The lowest BCUT2D eigenvalue weighted by Gasteiger charge is -2.30. The highest BCUT2D eigenvalue weighted by atomic mass is 16.6. The molecule has 0 saturated carbocycles. The number of rotatable bonds is 5. The molecular weight excluding hydrogens is 258 g/mol. The third-order valence-electron chi connectivity index (χ3n) is 2.21. The van der Waals surface area contributed by atoms with Crippen LogP contribution in [0, 0.1) is 24.7 Å². The smallest absolute Gasteiger partial charge is 0.408 e. The number of alkyl carbamates (subject to hydrolysis) is 1. The van der Waals surface area contributed by atoms with Gasteiger partial charge in [-0.1, -0.05) is 0 Å². The second-order valence-corrected chi connectivity index (χ2v) is 5.19. The molecule has 0 saturated heterocycles. The number of hydrogen-bond donors (Lipinski definition) is 1. The molecule has 0 aromatic carbocycles. The second-order valence-electron chi connectivity index (χ2n) is 5.19. The molecule has 0 aliphatic heterocycles. The van der Waals surface area contributed by atoms with Crippen molar-refractivity contribution in [1.82, 2.24) is 5.32 Å². The molecule has 0 radical (unpaired) electrons. The Labute approximate surface area is 120 Å². The third kappa shape index (κ3) is 5.67. The van der Waals surface area contributed by atoms with E-state index in [1.54, 1.807) is 27.7 Å². The summed E-state index contributed by atoms with van der Waals surface area (Å²) in [5.74, 6) is 4.00. The fraction of sp³-hybridized carbons (Fsp3) is 0.600. The monoisotopic (exact) mass is 279 g/mol. The number of carbonyl (C=O) groups is 2. The average Bonchev–Trinajstić information content (AvgIpc) is 2.26. The first-order valence-electron chi connectivity index (χ1n) is 6.26. The van der Waals surface area contributed by atoms with E-state index in [1.807, 2.05) is 0 Å². The summed E-state index contributed by atoms with van der Waals surface area (Å²) >= 11 is 0. The van der Waals surface area contributed by atoms with E-state index < -0.39 is 23.2 Å². The van der Waals surface area contributed by atoms with Gasteiger partial charge in [-0.2, -0.15) is 0 Å². The van der Waals surface area contributed by atoms with Gasteiger partial charge in [-0.25, -0.2) is 9.59 Å². The van der Waals surface area contributed by atoms with Crippen molar-refractivity contribution in [3.63, 3.8) is 0 Å². The zero-order valence-electron chi connectivity index (χ0n) is 12.4. The van der Waals surface area contributed by atoms with Gasteiger partial charge in [0.1, 0.15) is 5.60 Å². The van der Waals surface area contributed by atoms with Gasteiger partial charge in [0.05, 0.1) is 6.61 Å². The van der Waals surface area contributed by atoms with Crippen LogP contribution in [0.15, 0.2) is 0 Å². The van der Waals surface area contributed by atoms with E-state index in [-0.39, 0.29) is 19.4 Å². The van der Waals surface area contributed by atoms with E-state index in [1.165, 1.54) is 0 Å². The molecule has 1 amide bonds. The van der Waals surface area contributed by atoms with E-state index >= 15 is 0 Å². The molecule has 5 nitrogen and oxygen atoms in total. The fourth-order valence-electron chi connectivity index (χ4n) is 1.46. The predicted octanol–water partition coefficient (Wildman–Crippen LogP) is 1.86. The van der Waals surface area contributed by atoms with Crippen LogP contribution in [-0.4, -0.2) is 29.8 Å². The topological polar surface area (TPSA) is 64.6 Å². The fourth-order valence-corrected chi connectivity index (χ4v) is 1.46. The van der Waals surface area contributed by atoms with Gasteiger partial charge in [-0.05, 0) is 27.7 Å². The highest BCUT2D eigenvalue weighted by molar-refractivity contribution is 5.86. The van der Waals surface area contributed by atoms with E-state index in [0.717, 1.165) is 0 Å². The summed E-state index contributed by atoms with van der Waals surface area (Å²) in [6.07, 6.45) is 9.61. The van der Waals surface area contributed by atoms with Gasteiger partial charge < -0.3 is 14.8 Å². The molecule has 20 heavy (non-hydrogen) atoms. The van der Waals surface area contributed by atoms with Gasteiger partial charge in [0, 0.05) is 12.8 Å². The zero-order valence-corrected chi connectivity index (χ0v) is 12.4. The number of nitrogens with one attached hydrogen (secondary N) is 1. The molecule has 0 rings (SSSR count). The molecule has 0 fully saturated rings. The first-order chi connectivity index (χ1) is 9.20. The molecule has 1 N–H and O–H groups in total. The largest absolute Gasteiger partial charge is 0.464 e. The molecule has 0 atom stereocenters. The van der Waals surface area contributed by atoms with Crippen LogP contribution < -0.4 is 5.32 Å². The maximum atomic E-state index is 12.1. The first kappa shape index (κ1) is 17.9. The summed E-state index contributed by atoms with van der Waals surface area (Å²) in [5.41, 5.74) is -2.15. The Balaban J connectivity index is 5.21. The SMILES string of the molecule is C#CCC(CC#C)(NC(=O)OC(C)(C)C)C(=O)OCC. The van der Waals surface area contributed by atoms with Crippen molar-refractivity contribution < 1.29 is 19.1 Å². The molecule has 110 valence electrons. The van der Waals surface area contributed by atoms with Crippen LogP contribution in [0.1, 0.15) is 40.5 Å². The van der Waals surface area contributed by atoms with E-state index in [0.29, 0.717) is 0 Å². The number of amides is 1. The van der Waals surface area contributed by atoms with Crippen molar-refractivity contribution in [2.24, 2.45) is 0 Å². The molecular formula is C15H21NO4. The van der Waals surface area contributed by atoms with E-state index in [2.05, 4.69) is 17.2 Å². The zero-order chi connectivity index (χ0) is 15.8. The van der Waals surface area contributed by atoms with Crippen LogP contribution in [0.4, 0.5) is 4.79 Å². The van der Waals surface area contributed by atoms with Gasteiger partial charge in [-0.3, -0.25) is 0 Å². The van der Waals surface area contributed by atoms with Gasteiger partial charge in [0.25, 0.3) is 0 Å². The second kappa shape index (κ2) is 7.45. The lowest BCUT2D eigenvalue weighted by Crippen LogP contribution is -2.56. The van der Waals surface area contributed by atoms with Crippen LogP contribution in [0.25, 0.3) is 0 Å². The summed E-state index contributed by atoms with van der Waals surface area (Å²) in [6.45, 7) is 6.94. The summed E-state index contributed by atoms with van der Waals surface area (Å²) in [5, 5.41) is 2.45. The van der Waals surface area contributed by atoms with Crippen LogP contribution in [0.5, 0.6) is 0 Å². The first-order valence-corrected chi connectivity index (χ1v) is 6.26. The van der Waals surface area contributed by atoms with Crippen molar-refractivity contribution in [1.29, 1.82) is 0 Å². The molecule has 0 bridgehead atoms. The molecule has 0 aromatic rings. The summed E-state index contributed by atoms with van der Waals surface area (Å²) in [6, 6.07) is 0. The number of carbonyl (C=O) groups excluding carboxylic acids is 2. The van der Waals surface area contributed by atoms with Gasteiger partial charge in [0.15, 0.2) is 5.54 Å². The normalized spacial score (nSPS) is 10.9. The summed E-state index contributed by atoms with van der Waals surface area (Å²) in [4.78, 5) is 23.9. The van der Waals surface area contributed by atoms with Crippen LogP contribution >= 0.6 is 0 Å². The maximum Gasteiger partial charge on any atom is 0.408 e. The Morgan fingerprint density at radius 1 is 1.15 bits per heavy atom. The Hall–Kier alpha value is -2.14. The van der Waals surface area contributed by atoms with Crippen molar-refractivity contribution >= 4 is 12.1 Å². The van der Waals surface area contributed by atoms with E-state index in [4.69, 9.17) is 22.3 Å². The lowest BCUT2D eigenvalue weighted by molar-refractivity contribution is -0.150. The third-order valence-corrected chi connectivity index (χ3v) is 2.21. The Morgan fingerprint density at radius 2 is 1.65 bits per heavy atom. The minimum atomic E-state index is -1.46. The molecule has 0 aliphatic rings. The summed E-state index contributed by atoms with van der Waals surface area (Å²) < 4.78 is 10.1. The average molecular weight is 279 g/mol. The minimum absolute atomic E-state index is 0.0741. The number of terminal acetylenes is 2. The quantitative estimate of drug-likeness (QED) is 0.616. The lowest BCUT2D eigenvalue weighted by atomic mass is 9.92. The Kier molecular flexibility index (Phi) is 6.65. The van der Waals surface area contributed by atoms with Gasteiger partial charge in [-0.15, -0.1) is 24.7 Å². The van der Waals surface area contributed by atoms with Gasteiger partial charge in [0.2, 0.25) is 0 Å². The highest BCUT2D eigenvalue weighted by Gasteiger charge is 2.41. The van der Waals surface area contributed by atoms with Crippen LogP contribution in [0.2, 0.25) is 0 Å². The summed E-state index contributed by atoms with van der Waals surface area (Å²) in [7, 11) is 0. The van der Waals surface area contributed by atoms with Crippen molar-refractivity contribution in [3.05, 3.63) is 0 Å². The number of hydrogen-bond acceptors (Lipinski definition) is 4. The number of ether oxygens (including phenoxy) is 2. The standard InChI is InChI=1S/C15H21NO4/c1-7-10-15(11-8-2,12(17)19-9-3)16-13(18)20-14(4,5)6/h1-2H,9-11H2,3-6H3,(H,16,18). The molecule has 0 unspecified atom stereocenters. The van der Waals surface area contributed by atoms with Crippen molar-refractivity contribution in [3.8, 4) is 24.7 Å². The van der Waals surface area contributed by atoms with Crippen molar-refractivity contribution in [2.75, 3.05) is 6.61 Å². The molecule has 0 aliphatic carbocycles. The maximum absolute atomic E-state index is 12.1. The van der Waals surface area contributed by atoms with E-state index in [9.17, 15) is 9.59 Å². The highest BCUT2D eigenvalue weighted by Crippen LogP contribution is 2.19. The Bertz CT molecular complexity index is 418. The van der Waals surface area contributed by atoms with Crippen molar-refractivity contribution in [2.45, 2.75) is 51.7 Å². The molecule has 0 heterocycles. The molecule has 0 spiro atoms. The Morgan fingerprint density at radius 3 is 2.00 bits per heavy atom. The van der Waals surface area contributed by atoms with Crippen LogP contribution in [-0.2, 0) is 14.3 Å². The predicted molar refractivity (Wildman–Crippen MR) is 75.6 cm³/mol. The van der Waals surface area contributed by atoms with Crippen LogP contribution in [0.3, 0.4) is 0 Å². The minimum Gasteiger partial charge on any atom is -0.464 e. The molecule has 0 aromatic heterocycles.